The molecule has 0 aliphatic rings. The number of hydrogen-bond acceptors (Lipinski definition) is 4. The van der Waals surface area contributed by atoms with Gasteiger partial charge in [-0.2, -0.15) is 0 Å². The topological polar surface area (TPSA) is 91.3 Å². The number of amides is 2. The van der Waals surface area contributed by atoms with Gasteiger partial charge in [0.05, 0.1) is 11.2 Å². The van der Waals surface area contributed by atoms with Gasteiger partial charge < -0.3 is 10.4 Å². The summed E-state index contributed by atoms with van der Waals surface area (Å²) in [6.45, 7) is 1.98. The first-order valence-corrected chi connectivity index (χ1v) is 8.72. The molecular weight excluding hydrogens is 326 g/mol. The van der Waals surface area contributed by atoms with Crippen LogP contribution in [0.15, 0.2) is 35.8 Å². The number of hydrogen-bond donors (Lipinski definition) is 3. The highest BCUT2D eigenvalue weighted by Crippen LogP contribution is 2.20. The van der Waals surface area contributed by atoms with Gasteiger partial charge in [-0.3, -0.25) is 10.1 Å². The van der Waals surface area contributed by atoms with Crippen molar-refractivity contribution in [1.29, 1.82) is 0 Å². The third kappa shape index (κ3) is 5.66. The zero-order valence-electron chi connectivity index (χ0n) is 13.5. The van der Waals surface area contributed by atoms with Crippen LogP contribution < -0.4 is 10.6 Å². The highest BCUT2D eigenvalue weighted by molar-refractivity contribution is 7.14. The normalized spacial score (nSPS) is 11.7. The second kappa shape index (κ2) is 9.02. The number of carboxylic acid groups (broad SMARTS) is 1. The van der Waals surface area contributed by atoms with E-state index < -0.39 is 5.97 Å². The Kier molecular flexibility index (Phi) is 6.74. The van der Waals surface area contributed by atoms with E-state index in [1.54, 1.807) is 5.51 Å². The van der Waals surface area contributed by atoms with Crippen molar-refractivity contribution in [2.75, 3.05) is 5.32 Å². The Labute approximate surface area is 144 Å². The molecule has 1 heterocycles. The Morgan fingerprint density at radius 3 is 2.71 bits per heavy atom. The van der Waals surface area contributed by atoms with Crippen LogP contribution in [0.25, 0.3) is 0 Å². The fourth-order valence-corrected chi connectivity index (χ4v) is 3.14. The monoisotopic (exact) mass is 347 g/mol. The maximum absolute atomic E-state index is 12.2. The molecule has 1 unspecified atom stereocenters. The van der Waals surface area contributed by atoms with Crippen molar-refractivity contribution in [2.45, 2.75) is 38.6 Å². The van der Waals surface area contributed by atoms with Crippen LogP contribution in [0.5, 0.6) is 0 Å². The smallest absolute Gasteiger partial charge is 0.320 e. The van der Waals surface area contributed by atoms with Crippen molar-refractivity contribution < 1.29 is 14.7 Å². The van der Waals surface area contributed by atoms with Gasteiger partial charge in [0.25, 0.3) is 0 Å². The highest BCUT2D eigenvalue weighted by atomic mass is 32.1. The Morgan fingerprint density at radius 2 is 2.04 bits per heavy atom. The van der Waals surface area contributed by atoms with E-state index >= 15 is 0 Å². The van der Waals surface area contributed by atoms with Crippen molar-refractivity contribution in [1.82, 2.24) is 10.3 Å². The molecule has 0 bridgehead atoms. The minimum Gasteiger partial charge on any atom is -0.481 e. The number of aryl methyl sites for hydroxylation is 1. The van der Waals surface area contributed by atoms with Gasteiger partial charge in [-0.15, -0.1) is 11.3 Å². The first kappa shape index (κ1) is 17.9. The van der Waals surface area contributed by atoms with Crippen LogP contribution in [0.2, 0.25) is 0 Å². The van der Waals surface area contributed by atoms with Gasteiger partial charge in [-0.25, -0.2) is 9.78 Å². The van der Waals surface area contributed by atoms with Crippen LogP contribution in [-0.2, 0) is 17.6 Å². The predicted octanol–water partition coefficient (Wildman–Crippen LogP) is 3.30. The summed E-state index contributed by atoms with van der Waals surface area (Å²) in [6, 6.07) is 9.12. The molecule has 128 valence electrons. The summed E-state index contributed by atoms with van der Waals surface area (Å²) in [6.07, 6.45) is 1.72. The first-order valence-electron chi connectivity index (χ1n) is 7.84. The number of benzene rings is 1. The second-order valence-corrected chi connectivity index (χ2v) is 6.25. The maximum Gasteiger partial charge on any atom is 0.320 e. The summed E-state index contributed by atoms with van der Waals surface area (Å²) in [5.74, 6) is -0.869. The van der Waals surface area contributed by atoms with E-state index in [0.29, 0.717) is 12.8 Å². The average molecular weight is 347 g/mol. The van der Waals surface area contributed by atoms with E-state index in [-0.39, 0.29) is 18.5 Å². The lowest BCUT2D eigenvalue weighted by Crippen LogP contribution is -2.39. The molecule has 0 saturated heterocycles. The number of anilines is 1. The summed E-state index contributed by atoms with van der Waals surface area (Å²) in [5, 5.41) is 15.3. The summed E-state index contributed by atoms with van der Waals surface area (Å²) in [5.41, 5.74) is 3.60. The molecule has 1 aromatic heterocycles. The lowest BCUT2D eigenvalue weighted by atomic mass is 10.0. The third-order valence-electron chi connectivity index (χ3n) is 3.57. The molecule has 7 heteroatoms. The zero-order chi connectivity index (χ0) is 17.4. The number of rotatable bonds is 8. The molecule has 0 radical (unpaired) electrons. The van der Waals surface area contributed by atoms with Crippen LogP contribution in [0.1, 0.15) is 31.0 Å². The van der Waals surface area contributed by atoms with Gasteiger partial charge in [0, 0.05) is 12.5 Å². The minimum absolute atomic E-state index is 0.0124. The number of aromatic nitrogens is 1. The standard InChI is InChI=1S/C17H21N3O3S/c1-2-14-16(24-11-18-14)20-17(23)19-13(8-9-15(21)22)10-12-6-4-3-5-7-12/h3-7,11,13H,2,8-10H2,1H3,(H,21,22)(H2,19,20,23). The largest absolute Gasteiger partial charge is 0.481 e. The van der Waals surface area contributed by atoms with Crippen molar-refractivity contribution in [2.24, 2.45) is 0 Å². The molecule has 0 fully saturated rings. The number of carbonyl (C=O) groups is 2. The first-order chi connectivity index (χ1) is 11.6. The molecule has 1 aromatic carbocycles. The molecule has 0 aliphatic heterocycles. The Hall–Kier alpha value is -2.41. The van der Waals surface area contributed by atoms with Gasteiger partial charge in [-0.05, 0) is 24.8 Å². The second-order valence-electron chi connectivity index (χ2n) is 5.40. The van der Waals surface area contributed by atoms with Gasteiger partial charge in [0.2, 0.25) is 0 Å². The van der Waals surface area contributed by atoms with E-state index in [9.17, 15) is 9.59 Å². The van der Waals surface area contributed by atoms with Crippen molar-refractivity contribution in [3.05, 3.63) is 47.1 Å². The number of nitrogens with one attached hydrogen (secondary N) is 2. The van der Waals surface area contributed by atoms with Gasteiger partial charge in [-0.1, -0.05) is 37.3 Å². The van der Waals surface area contributed by atoms with Crippen molar-refractivity contribution in [3.63, 3.8) is 0 Å². The summed E-state index contributed by atoms with van der Waals surface area (Å²) in [7, 11) is 0. The summed E-state index contributed by atoms with van der Waals surface area (Å²) < 4.78 is 0. The quantitative estimate of drug-likeness (QED) is 0.683. The molecule has 0 spiro atoms. The third-order valence-corrected chi connectivity index (χ3v) is 4.35. The molecule has 1 atom stereocenters. The fourth-order valence-electron chi connectivity index (χ4n) is 2.37. The highest BCUT2D eigenvalue weighted by Gasteiger charge is 2.16. The van der Waals surface area contributed by atoms with E-state index in [2.05, 4.69) is 15.6 Å². The van der Waals surface area contributed by atoms with Gasteiger partial charge >= 0.3 is 12.0 Å². The minimum atomic E-state index is -0.869. The number of nitrogens with zero attached hydrogens (tertiary/aromatic N) is 1. The molecule has 0 aliphatic carbocycles. The average Bonchev–Trinajstić information content (AvgIpc) is 3.00. The van der Waals surface area contributed by atoms with Crippen molar-refractivity contribution in [3.8, 4) is 0 Å². The lowest BCUT2D eigenvalue weighted by Gasteiger charge is -2.18. The maximum atomic E-state index is 12.2. The molecule has 2 rings (SSSR count). The number of aliphatic carboxylic acids is 1. The molecule has 3 N–H and O–H groups in total. The van der Waals surface area contributed by atoms with E-state index in [4.69, 9.17) is 5.11 Å². The molecule has 2 amide bonds. The zero-order valence-corrected chi connectivity index (χ0v) is 14.3. The summed E-state index contributed by atoms with van der Waals surface area (Å²) >= 11 is 1.37. The van der Waals surface area contributed by atoms with Gasteiger partial charge in [0.15, 0.2) is 0 Å². The lowest BCUT2D eigenvalue weighted by molar-refractivity contribution is -0.137. The fraction of sp³-hybridized carbons (Fsp3) is 0.353. The molecule has 2 aromatic rings. The van der Waals surface area contributed by atoms with Crippen molar-refractivity contribution >= 4 is 28.3 Å². The van der Waals surface area contributed by atoms with Gasteiger partial charge in [0.1, 0.15) is 5.00 Å². The summed E-state index contributed by atoms with van der Waals surface area (Å²) in [4.78, 5) is 27.3. The van der Waals surface area contributed by atoms with E-state index in [1.165, 1.54) is 11.3 Å². The Balaban J connectivity index is 1.98. The number of carbonyl (C=O) groups excluding carboxylic acids is 1. The van der Waals surface area contributed by atoms with E-state index in [1.807, 2.05) is 37.3 Å². The number of thiazole rings is 1. The molecule has 6 nitrogen and oxygen atoms in total. The van der Waals surface area contributed by atoms with E-state index in [0.717, 1.165) is 22.7 Å². The SMILES string of the molecule is CCc1ncsc1NC(=O)NC(CCC(=O)O)Cc1ccccc1. The van der Waals surface area contributed by atoms with Crippen LogP contribution >= 0.6 is 11.3 Å². The number of carboxylic acids is 1. The Morgan fingerprint density at radius 1 is 1.29 bits per heavy atom. The molecular formula is C17H21N3O3S. The van der Waals surface area contributed by atoms with Crippen LogP contribution in [0.3, 0.4) is 0 Å². The van der Waals surface area contributed by atoms with Crippen LogP contribution in [-0.4, -0.2) is 28.1 Å². The number of urea groups is 1. The van der Waals surface area contributed by atoms with Crippen LogP contribution in [0.4, 0.5) is 9.80 Å². The van der Waals surface area contributed by atoms with Crippen LogP contribution in [0, 0.1) is 0 Å². The predicted molar refractivity (Wildman–Crippen MR) is 94.5 cm³/mol. The molecule has 0 saturated carbocycles. The Bertz CT molecular complexity index is 673. The molecule has 24 heavy (non-hydrogen) atoms.